The molecule has 1 fully saturated rings. The lowest BCUT2D eigenvalue weighted by molar-refractivity contribution is -0.136. The van der Waals surface area contributed by atoms with E-state index in [4.69, 9.17) is 4.74 Å². The molecule has 36 heavy (non-hydrogen) atoms. The van der Waals surface area contributed by atoms with Gasteiger partial charge in [0, 0.05) is 11.5 Å². The van der Waals surface area contributed by atoms with Crippen molar-refractivity contribution in [3.63, 3.8) is 0 Å². The maximum Gasteiger partial charge on any atom is 0.418 e. The van der Waals surface area contributed by atoms with Gasteiger partial charge in [-0.2, -0.15) is 13.2 Å². The third-order valence-corrected chi connectivity index (χ3v) is 7.32. The van der Waals surface area contributed by atoms with Crippen LogP contribution in [0.15, 0.2) is 54.6 Å². The van der Waals surface area contributed by atoms with E-state index in [9.17, 15) is 18.0 Å². The molecule has 0 radical (unpaired) electrons. The summed E-state index contributed by atoms with van der Waals surface area (Å²) in [6.07, 6.45) is 0.662. The van der Waals surface area contributed by atoms with E-state index in [-0.39, 0.29) is 11.6 Å². The quantitative estimate of drug-likeness (QED) is 0.378. The molecule has 2 aliphatic carbocycles. The van der Waals surface area contributed by atoms with Gasteiger partial charge in [-0.05, 0) is 104 Å². The standard InChI is InChI=1S/C30H30F3NO2/c1-18-14-24(36-17-23-8-5-7-21-6-3-4-9-25(21)23)15-19(2)28(18)29(35)34-27-16-22(20-10-11-20)12-13-26(27)30(31,32)33/h3-4,6,9,12-16,20,23H,5,7-8,10-11,17H2,1-2H3,(H,34,35)/t23-/m0/s1. The SMILES string of the molecule is Cc1cc(OC[C@@H]2CCCc3ccccc32)cc(C)c1C(=O)Nc1cc(C2CC2)ccc1C(F)(F)F. The minimum atomic E-state index is -4.55. The Balaban J connectivity index is 1.34. The third kappa shape index (κ3) is 5.13. The first-order valence-corrected chi connectivity index (χ1v) is 12.5. The van der Waals surface area contributed by atoms with E-state index < -0.39 is 17.6 Å². The van der Waals surface area contributed by atoms with Gasteiger partial charge >= 0.3 is 6.18 Å². The van der Waals surface area contributed by atoms with Crippen LogP contribution in [-0.4, -0.2) is 12.5 Å². The van der Waals surface area contributed by atoms with Gasteiger partial charge in [0.05, 0.1) is 17.9 Å². The molecular weight excluding hydrogens is 463 g/mol. The number of aryl methyl sites for hydroxylation is 3. The molecule has 2 aliphatic rings. The van der Waals surface area contributed by atoms with Crippen molar-refractivity contribution >= 4 is 11.6 Å². The Morgan fingerprint density at radius 2 is 1.72 bits per heavy atom. The van der Waals surface area contributed by atoms with Gasteiger partial charge in [0.1, 0.15) is 5.75 Å². The van der Waals surface area contributed by atoms with E-state index in [0.717, 1.165) is 43.7 Å². The zero-order valence-corrected chi connectivity index (χ0v) is 20.5. The van der Waals surface area contributed by atoms with Crippen molar-refractivity contribution in [2.24, 2.45) is 0 Å². The Morgan fingerprint density at radius 1 is 1.00 bits per heavy atom. The number of ether oxygens (including phenoxy) is 1. The van der Waals surface area contributed by atoms with Crippen molar-refractivity contribution in [2.45, 2.75) is 64.0 Å². The maximum atomic E-state index is 13.6. The Kier molecular flexibility index (Phi) is 6.54. The number of rotatable bonds is 6. The van der Waals surface area contributed by atoms with Crippen LogP contribution in [0.25, 0.3) is 0 Å². The summed E-state index contributed by atoms with van der Waals surface area (Å²) in [5, 5.41) is 2.55. The van der Waals surface area contributed by atoms with Crippen molar-refractivity contribution in [1.82, 2.24) is 0 Å². The second-order valence-corrected chi connectivity index (χ2v) is 10.1. The number of fused-ring (bicyclic) bond motifs is 1. The van der Waals surface area contributed by atoms with Gasteiger partial charge in [-0.1, -0.05) is 30.3 Å². The van der Waals surface area contributed by atoms with E-state index in [1.165, 1.54) is 23.3 Å². The molecule has 0 bridgehead atoms. The van der Waals surface area contributed by atoms with Crippen molar-refractivity contribution in [2.75, 3.05) is 11.9 Å². The van der Waals surface area contributed by atoms with Crippen LogP contribution in [0.1, 0.15) is 81.3 Å². The summed E-state index contributed by atoms with van der Waals surface area (Å²) in [7, 11) is 0. The van der Waals surface area contributed by atoms with Crippen LogP contribution in [-0.2, 0) is 12.6 Å². The fraction of sp³-hybridized carbons (Fsp3) is 0.367. The molecular formula is C30H30F3NO2. The number of carbonyl (C=O) groups is 1. The highest BCUT2D eigenvalue weighted by molar-refractivity contribution is 6.06. The van der Waals surface area contributed by atoms with Gasteiger partial charge in [0.2, 0.25) is 0 Å². The van der Waals surface area contributed by atoms with Crippen LogP contribution >= 0.6 is 0 Å². The second kappa shape index (κ2) is 9.64. The highest BCUT2D eigenvalue weighted by atomic mass is 19.4. The van der Waals surface area contributed by atoms with Gasteiger partial charge in [-0.15, -0.1) is 0 Å². The second-order valence-electron chi connectivity index (χ2n) is 10.1. The highest BCUT2D eigenvalue weighted by Crippen LogP contribution is 2.43. The number of anilines is 1. The number of benzene rings is 3. The monoisotopic (exact) mass is 493 g/mol. The summed E-state index contributed by atoms with van der Waals surface area (Å²) in [4.78, 5) is 13.2. The number of halogens is 3. The van der Waals surface area contributed by atoms with Gasteiger partial charge in [0.15, 0.2) is 0 Å². The molecule has 188 valence electrons. The lowest BCUT2D eigenvalue weighted by Gasteiger charge is -2.25. The number of hydrogen-bond acceptors (Lipinski definition) is 2. The zero-order valence-electron chi connectivity index (χ0n) is 20.5. The summed E-state index contributed by atoms with van der Waals surface area (Å²) in [5.74, 6) is 0.713. The Bertz CT molecular complexity index is 1270. The Morgan fingerprint density at radius 3 is 2.42 bits per heavy atom. The van der Waals surface area contributed by atoms with Crippen molar-refractivity contribution < 1.29 is 22.7 Å². The molecule has 0 spiro atoms. The van der Waals surface area contributed by atoms with E-state index in [1.807, 2.05) is 0 Å². The first-order chi connectivity index (χ1) is 17.2. The lowest BCUT2D eigenvalue weighted by atomic mass is 9.83. The molecule has 0 heterocycles. The molecule has 3 aromatic carbocycles. The summed E-state index contributed by atoms with van der Waals surface area (Å²) >= 11 is 0. The summed E-state index contributed by atoms with van der Waals surface area (Å²) < 4.78 is 47.0. The van der Waals surface area contributed by atoms with Gasteiger partial charge in [0.25, 0.3) is 5.91 Å². The van der Waals surface area contributed by atoms with E-state index >= 15 is 0 Å². The summed E-state index contributed by atoms with van der Waals surface area (Å²) in [6.45, 7) is 4.12. The van der Waals surface area contributed by atoms with Crippen molar-refractivity contribution in [3.8, 4) is 5.75 Å². The molecule has 1 N–H and O–H groups in total. The molecule has 0 aromatic heterocycles. The van der Waals surface area contributed by atoms with E-state index in [2.05, 4.69) is 29.6 Å². The number of amides is 1. The van der Waals surface area contributed by atoms with Crippen LogP contribution < -0.4 is 10.1 Å². The van der Waals surface area contributed by atoms with Crippen LogP contribution in [0, 0.1) is 13.8 Å². The fourth-order valence-corrected chi connectivity index (χ4v) is 5.36. The smallest absolute Gasteiger partial charge is 0.418 e. The van der Waals surface area contributed by atoms with E-state index in [0.29, 0.717) is 35.0 Å². The first kappa shape index (κ1) is 24.4. The number of carbonyl (C=O) groups excluding carboxylic acids is 1. The molecule has 5 rings (SSSR count). The van der Waals surface area contributed by atoms with Gasteiger partial charge in [-0.25, -0.2) is 0 Å². The fourth-order valence-electron chi connectivity index (χ4n) is 5.36. The highest BCUT2D eigenvalue weighted by Gasteiger charge is 2.35. The average Bonchev–Trinajstić information content (AvgIpc) is 3.67. The molecule has 0 saturated heterocycles. The molecule has 3 nitrogen and oxygen atoms in total. The third-order valence-electron chi connectivity index (χ3n) is 7.32. The minimum Gasteiger partial charge on any atom is -0.493 e. The van der Waals surface area contributed by atoms with Crippen molar-refractivity contribution in [3.05, 3.63) is 93.5 Å². The number of nitrogens with one attached hydrogen (secondary N) is 1. The molecule has 1 atom stereocenters. The average molecular weight is 494 g/mol. The summed E-state index contributed by atoms with van der Waals surface area (Å²) in [6, 6.07) is 16.1. The molecule has 6 heteroatoms. The lowest BCUT2D eigenvalue weighted by Crippen LogP contribution is -2.19. The zero-order chi connectivity index (χ0) is 25.4. The topological polar surface area (TPSA) is 38.3 Å². The van der Waals surface area contributed by atoms with Crippen LogP contribution in [0.2, 0.25) is 0 Å². The predicted octanol–water partition coefficient (Wildman–Crippen LogP) is 7.95. The van der Waals surface area contributed by atoms with Crippen LogP contribution in [0.3, 0.4) is 0 Å². The minimum absolute atomic E-state index is 0.188. The Labute approximate surface area is 209 Å². The van der Waals surface area contributed by atoms with Crippen molar-refractivity contribution in [1.29, 1.82) is 0 Å². The van der Waals surface area contributed by atoms with E-state index in [1.54, 1.807) is 26.0 Å². The Hall–Kier alpha value is -3.28. The van der Waals surface area contributed by atoms with Crippen LogP contribution in [0.4, 0.5) is 18.9 Å². The number of alkyl halides is 3. The first-order valence-electron chi connectivity index (χ1n) is 12.5. The van der Waals surface area contributed by atoms with Gasteiger partial charge < -0.3 is 10.1 Å². The maximum absolute atomic E-state index is 13.6. The molecule has 1 saturated carbocycles. The molecule has 3 aromatic rings. The largest absolute Gasteiger partial charge is 0.493 e. The number of hydrogen-bond donors (Lipinski definition) is 1. The van der Waals surface area contributed by atoms with Crippen LogP contribution in [0.5, 0.6) is 5.75 Å². The predicted molar refractivity (Wildman–Crippen MR) is 135 cm³/mol. The molecule has 1 amide bonds. The van der Waals surface area contributed by atoms with Gasteiger partial charge in [-0.3, -0.25) is 4.79 Å². The summed E-state index contributed by atoms with van der Waals surface area (Å²) in [5.41, 5.74) is 4.23. The molecule has 0 unspecified atom stereocenters. The molecule has 0 aliphatic heterocycles. The normalized spacial score (nSPS) is 17.4.